The van der Waals surface area contributed by atoms with Crippen molar-refractivity contribution in [3.63, 3.8) is 0 Å². The molecule has 0 aliphatic carbocycles. The first-order valence-electron chi connectivity index (χ1n) is 6.88. The van der Waals surface area contributed by atoms with Crippen molar-refractivity contribution in [1.29, 1.82) is 0 Å². The molecule has 1 fully saturated rings. The normalized spacial score (nSPS) is 16.5. The fraction of sp³-hybridized carbons (Fsp3) is 0.533. The number of nitrogens with one attached hydrogen (secondary N) is 1. The fourth-order valence-electron chi connectivity index (χ4n) is 2.55. The standard InChI is InChI=1S/C15H20BrNO.ClH/c16-14-7-5-13(6-8-14)15(18)9-12-17-10-3-1-2-4-11-17;/h5-8H,1-4,9-12H2;1H. The molecule has 0 saturated carbocycles. The van der Waals surface area contributed by atoms with Gasteiger partial charge >= 0.3 is 0 Å². The molecule has 1 aromatic carbocycles. The summed E-state index contributed by atoms with van der Waals surface area (Å²) in [6.07, 6.45) is 6.05. The van der Waals surface area contributed by atoms with Gasteiger partial charge in [0.15, 0.2) is 5.78 Å². The van der Waals surface area contributed by atoms with Crippen molar-refractivity contribution in [2.24, 2.45) is 0 Å². The zero-order chi connectivity index (χ0) is 12.8. The second-order valence-corrected chi connectivity index (χ2v) is 6.01. The van der Waals surface area contributed by atoms with Crippen LogP contribution in [0.15, 0.2) is 28.7 Å². The molecule has 1 aliphatic heterocycles. The van der Waals surface area contributed by atoms with Crippen LogP contribution in [0.1, 0.15) is 42.5 Å². The van der Waals surface area contributed by atoms with E-state index >= 15 is 0 Å². The number of carbonyl (C=O) groups is 1. The smallest absolute Gasteiger partial charge is 0.168 e. The van der Waals surface area contributed by atoms with E-state index in [9.17, 15) is 4.79 Å². The Bertz CT molecular complexity index is 386. The van der Waals surface area contributed by atoms with Crippen LogP contribution < -0.4 is 17.3 Å². The van der Waals surface area contributed by atoms with Crippen LogP contribution in [0.25, 0.3) is 0 Å². The Hall–Kier alpha value is -0.380. The third-order valence-corrected chi connectivity index (χ3v) is 4.21. The molecule has 106 valence electrons. The summed E-state index contributed by atoms with van der Waals surface area (Å²) in [6.45, 7) is 3.48. The molecule has 0 radical (unpaired) electrons. The van der Waals surface area contributed by atoms with Gasteiger partial charge in [-0.1, -0.05) is 28.1 Å². The van der Waals surface area contributed by atoms with Gasteiger partial charge in [0.25, 0.3) is 0 Å². The molecule has 1 aliphatic rings. The molecule has 0 aromatic heterocycles. The van der Waals surface area contributed by atoms with Crippen molar-refractivity contribution < 1.29 is 22.1 Å². The average Bonchev–Trinajstić information content (AvgIpc) is 2.65. The van der Waals surface area contributed by atoms with Gasteiger partial charge in [-0.15, -0.1) is 0 Å². The van der Waals surface area contributed by atoms with Gasteiger partial charge in [0.05, 0.1) is 26.1 Å². The van der Waals surface area contributed by atoms with Gasteiger partial charge in [-0.05, 0) is 37.8 Å². The highest BCUT2D eigenvalue weighted by molar-refractivity contribution is 9.10. The number of carbonyl (C=O) groups excluding carboxylic acids is 1. The molecule has 0 bridgehead atoms. The summed E-state index contributed by atoms with van der Waals surface area (Å²) in [6, 6.07) is 7.69. The average molecular weight is 347 g/mol. The minimum atomic E-state index is 0. The van der Waals surface area contributed by atoms with Crippen molar-refractivity contribution in [1.82, 2.24) is 0 Å². The number of ketones is 1. The molecular formula is C15H21BrClNO. The van der Waals surface area contributed by atoms with E-state index in [0.29, 0.717) is 6.42 Å². The van der Waals surface area contributed by atoms with Gasteiger partial charge in [0.2, 0.25) is 0 Å². The third-order valence-electron chi connectivity index (χ3n) is 3.68. The van der Waals surface area contributed by atoms with Crippen molar-refractivity contribution in [3.8, 4) is 0 Å². The van der Waals surface area contributed by atoms with E-state index in [4.69, 9.17) is 0 Å². The molecule has 1 aromatic rings. The van der Waals surface area contributed by atoms with E-state index in [1.807, 2.05) is 24.3 Å². The van der Waals surface area contributed by atoms with Crippen LogP contribution in [0.4, 0.5) is 0 Å². The van der Waals surface area contributed by atoms with Crippen molar-refractivity contribution >= 4 is 21.7 Å². The summed E-state index contributed by atoms with van der Waals surface area (Å²) in [7, 11) is 0. The lowest BCUT2D eigenvalue weighted by molar-refractivity contribution is -0.898. The van der Waals surface area contributed by atoms with Crippen LogP contribution in [0.3, 0.4) is 0 Å². The molecule has 0 unspecified atom stereocenters. The van der Waals surface area contributed by atoms with Gasteiger partial charge < -0.3 is 17.3 Å². The molecule has 1 saturated heterocycles. The molecule has 0 atom stereocenters. The highest BCUT2D eigenvalue weighted by atomic mass is 79.9. The lowest BCUT2D eigenvalue weighted by Crippen LogP contribution is -3.11. The van der Waals surface area contributed by atoms with Crippen LogP contribution in [0.5, 0.6) is 0 Å². The summed E-state index contributed by atoms with van der Waals surface area (Å²) < 4.78 is 1.03. The molecule has 0 spiro atoms. The minimum Gasteiger partial charge on any atom is -1.00 e. The number of halogens is 2. The lowest BCUT2D eigenvalue weighted by Gasteiger charge is -2.16. The van der Waals surface area contributed by atoms with Crippen molar-refractivity contribution in [2.45, 2.75) is 32.1 Å². The maximum absolute atomic E-state index is 12.1. The minimum absolute atomic E-state index is 0. The quantitative estimate of drug-likeness (QED) is 0.728. The van der Waals surface area contributed by atoms with E-state index in [1.54, 1.807) is 4.90 Å². The van der Waals surface area contributed by atoms with E-state index in [0.717, 1.165) is 16.6 Å². The highest BCUT2D eigenvalue weighted by Gasteiger charge is 2.14. The number of rotatable bonds is 4. The maximum Gasteiger partial charge on any atom is 0.168 e. The van der Waals surface area contributed by atoms with Crippen molar-refractivity contribution in [2.75, 3.05) is 19.6 Å². The Labute approximate surface area is 130 Å². The molecule has 1 heterocycles. The zero-order valence-corrected chi connectivity index (χ0v) is 13.5. The molecule has 1 N–H and O–H groups in total. The van der Waals surface area contributed by atoms with Crippen LogP contribution >= 0.6 is 15.9 Å². The summed E-state index contributed by atoms with van der Waals surface area (Å²) in [4.78, 5) is 13.7. The molecular weight excluding hydrogens is 326 g/mol. The van der Waals surface area contributed by atoms with E-state index in [1.165, 1.54) is 38.8 Å². The van der Waals surface area contributed by atoms with Gasteiger partial charge in [-0.2, -0.15) is 0 Å². The zero-order valence-electron chi connectivity index (χ0n) is 11.1. The summed E-state index contributed by atoms with van der Waals surface area (Å²) in [5.41, 5.74) is 0.840. The van der Waals surface area contributed by atoms with Gasteiger partial charge in [0, 0.05) is 10.0 Å². The summed E-state index contributed by atoms with van der Waals surface area (Å²) >= 11 is 3.39. The second kappa shape index (κ2) is 8.72. The second-order valence-electron chi connectivity index (χ2n) is 5.09. The SMILES string of the molecule is O=C(CC[NH+]1CCCCCC1)c1ccc(Br)cc1.[Cl-]. The third kappa shape index (κ3) is 5.64. The van der Waals surface area contributed by atoms with Gasteiger partial charge in [0.1, 0.15) is 0 Å². The number of likely N-dealkylation sites (tertiary alicyclic amines) is 1. The Kier molecular flexibility index (Phi) is 7.66. The van der Waals surface area contributed by atoms with Crippen LogP contribution in [-0.4, -0.2) is 25.4 Å². The Morgan fingerprint density at radius 3 is 2.21 bits per heavy atom. The number of benzene rings is 1. The number of quaternary nitrogens is 1. The summed E-state index contributed by atoms with van der Waals surface area (Å²) in [5, 5.41) is 0. The predicted molar refractivity (Wildman–Crippen MR) is 77.1 cm³/mol. The lowest BCUT2D eigenvalue weighted by atomic mass is 10.1. The monoisotopic (exact) mass is 345 g/mol. The van der Waals surface area contributed by atoms with E-state index in [-0.39, 0.29) is 18.2 Å². The molecule has 2 rings (SSSR count). The first-order chi connectivity index (χ1) is 8.75. The topological polar surface area (TPSA) is 21.5 Å². The van der Waals surface area contributed by atoms with Crippen molar-refractivity contribution in [3.05, 3.63) is 34.3 Å². The Morgan fingerprint density at radius 2 is 1.63 bits per heavy atom. The molecule has 0 amide bonds. The summed E-state index contributed by atoms with van der Waals surface area (Å²) in [5.74, 6) is 0.277. The van der Waals surface area contributed by atoms with Gasteiger partial charge in [-0.3, -0.25) is 4.79 Å². The van der Waals surface area contributed by atoms with Gasteiger partial charge in [-0.25, -0.2) is 0 Å². The molecule has 2 nitrogen and oxygen atoms in total. The fourth-order valence-corrected chi connectivity index (χ4v) is 2.81. The Balaban J connectivity index is 0.00000180. The highest BCUT2D eigenvalue weighted by Crippen LogP contribution is 2.11. The maximum atomic E-state index is 12.1. The molecule has 4 heteroatoms. The van der Waals surface area contributed by atoms with Crippen LogP contribution in [-0.2, 0) is 0 Å². The Morgan fingerprint density at radius 1 is 1.05 bits per heavy atom. The number of Topliss-reactive ketones (excluding diaryl/α,β-unsaturated/α-hetero) is 1. The first kappa shape index (κ1) is 16.7. The van der Waals surface area contributed by atoms with Crippen LogP contribution in [0, 0.1) is 0 Å². The molecule has 19 heavy (non-hydrogen) atoms. The van der Waals surface area contributed by atoms with Crippen LogP contribution in [0.2, 0.25) is 0 Å². The van der Waals surface area contributed by atoms with E-state index < -0.39 is 0 Å². The first-order valence-corrected chi connectivity index (χ1v) is 7.67. The van der Waals surface area contributed by atoms with E-state index in [2.05, 4.69) is 15.9 Å². The number of hydrogen-bond donors (Lipinski definition) is 1. The number of hydrogen-bond acceptors (Lipinski definition) is 1. The largest absolute Gasteiger partial charge is 1.00 e. The predicted octanol–water partition coefficient (Wildman–Crippen LogP) is -0.515.